The molecule has 0 radical (unpaired) electrons. The zero-order valence-corrected chi connectivity index (χ0v) is 14.7. The number of benzene rings is 1. The number of rotatable bonds is 8. The number of carbonyl (C=O) groups is 2. The first-order valence-corrected chi connectivity index (χ1v) is 8.25. The normalized spacial score (nSPS) is 10.5. The Hall–Kier alpha value is -2.76. The zero-order chi connectivity index (χ0) is 18.4. The Morgan fingerprint density at radius 2 is 1.84 bits per heavy atom. The third kappa shape index (κ3) is 4.86. The van der Waals surface area contributed by atoms with Crippen LogP contribution in [0.4, 0.5) is 0 Å². The van der Waals surface area contributed by atoms with Gasteiger partial charge in [-0.1, -0.05) is 26.0 Å². The summed E-state index contributed by atoms with van der Waals surface area (Å²) in [7, 11) is 1.72. The summed E-state index contributed by atoms with van der Waals surface area (Å²) in [6.45, 7) is 4.08. The SMILES string of the molecule is CCc1cc(C(=O)N(C)Cc2ccc(OCC(=O)O)cc2)oc1CC. The molecule has 1 aromatic heterocycles. The summed E-state index contributed by atoms with van der Waals surface area (Å²) < 4.78 is 10.8. The minimum Gasteiger partial charge on any atom is -0.482 e. The van der Waals surface area contributed by atoms with Gasteiger partial charge in [-0.05, 0) is 35.7 Å². The number of carboxylic acid groups (broad SMARTS) is 1. The van der Waals surface area contributed by atoms with Crippen LogP contribution in [0, 0.1) is 0 Å². The number of carbonyl (C=O) groups excluding carboxylic acids is 1. The number of nitrogens with zero attached hydrogens (tertiary/aromatic N) is 1. The summed E-state index contributed by atoms with van der Waals surface area (Å²) in [5.74, 6) is 0.509. The highest BCUT2D eigenvalue weighted by Gasteiger charge is 2.18. The smallest absolute Gasteiger partial charge is 0.341 e. The van der Waals surface area contributed by atoms with Gasteiger partial charge in [0.05, 0.1) is 0 Å². The third-order valence-electron chi connectivity index (χ3n) is 3.86. The summed E-state index contributed by atoms with van der Waals surface area (Å²) in [5.41, 5.74) is 1.98. The van der Waals surface area contributed by atoms with Gasteiger partial charge in [0.15, 0.2) is 12.4 Å². The van der Waals surface area contributed by atoms with Crippen molar-refractivity contribution in [3.8, 4) is 5.75 Å². The lowest BCUT2D eigenvalue weighted by Gasteiger charge is -2.16. The lowest BCUT2D eigenvalue weighted by Crippen LogP contribution is -2.25. The monoisotopic (exact) mass is 345 g/mol. The first-order valence-electron chi connectivity index (χ1n) is 8.25. The summed E-state index contributed by atoms with van der Waals surface area (Å²) >= 11 is 0. The maximum absolute atomic E-state index is 12.5. The Kier molecular flexibility index (Phi) is 6.22. The number of aryl methyl sites for hydroxylation is 2. The number of amides is 1. The molecule has 0 aliphatic heterocycles. The number of hydrogen-bond donors (Lipinski definition) is 1. The van der Waals surface area contributed by atoms with Gasteiger partial charge in [-0.25, -0.2) is 4.79 Å². The average Bonchev–Trinajstić information content (AvgIpc) is 3.03. The van der Waals surface area contributed by atoms with Crippen LogP contribution in [-0.4, -0.2) is 35.5 Å². The van der Waals surface area contributed by atoms with Crippen molar-refractivity contribution < 1.29 is 23.8 Å². The summed E-state index contributed by atoms with van der Waals surface area (Å²) in [5, 5.41) is 8.60. The Morgan fingerprint density at radius 1 is 1.16 bits per heavy atom. The maximum Gasteiger partial charge on any atom is 0.341 e. The van der Waals surface area contributed by atoms with E-state index in [2.05, 4.69) is 0 Å². The highest BCUT2D eigenvalue weighted by Crippen LogP contribution is 2.19. The molecule has 2 rings (SSSR count). The van der Waals surface area contributed by atoms with E-state index in [9.17, 15) is 9.59 Å². The fourth-order valence-electron chi connectivity index (χ4n) is 2.54. The van der Waals surface area contributed by atoms with E-state index in [0.717, 1.165) is 29.7 Å². The van der Waals surface area contributed by atoms with Gasteiger partial charge in [-0.3, -0.25) is 4.79 Å². The molecule has 0 spiro atoms. The van der Waals surface area contributed by atoms with Crippen LogP contribution in [0.2, 0.25) is 0 Å². The highest BCUT2D eigenvalue weighted by molar-refractivity contribution is 5.91. The summed E-state index contributed by atoms with van der Waals surface area (Å²) in [6.07, 6.45) is 1.60. The molecular formula is C19H23NO5. The van der Waals surface area contributed by atoms with Gasteiger partial charge < -0.3 is 19.2 Å². The Balaban J connectivity index is 2.01. The van der Waals surface area contributed by atoms with E-state index < -0.39 is 5.97 Å². The van der Waals surface area contributed by atoms with Crippen LogP contribution >= 0.6 is 0 Å². The fraction of sp³-hybridized carbons (Fsp3) is 0.368. The molecule has 1 aromatic carbocycles. The van der Waals surface area contributed by atoms with Crippen molar-refractivity contribution in [1.29, 1.82) is 0 Å². The van der Waals surface area contributed by atoms with Crippen LogP contribution in [0.25, 0.3) is 0 Å². The predicted octanol–water partition coefficient (Wildman–Crippen LogP) is 3.14. The molecule has 0 unspecified atom stereocenters. The van der Waals surface area contributed by atoms with E-state index in [1.807, 2.05) is 19.9 Å². The molecule has 25 heavy (non-hydrogen) atoms. The van der Waals surface area contributed by atoms with Crippen molar-refractivity contribution in [2.45, 2.75) is 33.2 Å². The van der Waals surface area contributed by atoms with Gasteiger partial charge in [0.25, 0.3) is 5.91 Å². The maximum atomic E-state index is 12.5. The van der Waals surface area contributed by atoms with E-state index in [4.69, 9.17) is 14.3 Å². The van der Waals surface area contributed by atoms with Crippen LogP contribution in [-0.2, 0) is 24.2 Å². The quantitative estimate of drug-likeness (QED) is 0.795. The van der Waals surface area contributed by atoms with Gasteiger partial charge >= 0.3 is 5.97 Å². The molecule has 1 amide bonds. The Labute approximate surface area is 147 Å². The van der Waals surface area contributed by atoms with E-state index in [0.29, 0.717) is 18.1 Å². The van der Waals surface area contributed by atoms with Crippen molar-refractivity contribution in [3.63, 3.8) is 0 Å². The first kappa shape index (κ1) is 18.6. The van der Waals surface area contributed by atoms with Gasteiger partial charge in [0.2, 0.25) is 0 Å². The molecule has 0 saturated heterocycles. The van der Waals surface area contributed by atoms with Crippen LogP contribution in [0.1, 0.15) is 41.3 Å². The van der Waals surface area contributed by atoms with E-state index in [-0.39, 0.29) is 12.5 Å². The van der Waals surface area contributed by atoms with Crippen molar-refractivity contribution in [3.05, 3.63) is 53.0 Å². The third-order valence-corrected chi connectivity index (χ3v) is 3.86. The fourth-order valence-corrected chi connectivity index (χ4v) is 2.54. The molecule has 0 aliphatic carbocycles. The molecule has 0 fully saturated rings. The van der Waals surface area contributed by atoms with Gasteiger partial charge in [-0.2, -0.15) is 0 Å². The minimum atomic E-state index is -1.02. The largest absolute Gasteiger partial charge is 0.482 e. The number of furan rings is 1. The molecule has 0 atom stereocenters. The zero-order valence-electron chi connectivity index (χ0n) is 14.7. The van der Waals surface area contributed by atoms with Crippen molar-refractivity contribution in [1.82, 2.24) is 4.90 Å². The summed E-state index contributed by atoms with van der Waals surface area (Å²) in [4.78, 5) is 24.6. The van der Waals surface area contributed by atoms with Gasteiger partial charge in [0, 0.05) is 20.0 Å². The number of hydrogen-bond acceptors (Lipinski definition) is 4. The number of aliphatic carboxylic acids is 1. The first-order chi connectivity index (χ1) is 11.9. The second-order valence-corrected chi connectivity index (χ2v) is 5.75. The number of carboxylic acids is 1. The van der Waals surface area contributed by atoms with Crippen LogP contribution in [0.15, 0.2) is 34.7 Å². The lowest BCUT2D eigenvalue weighted by atomic mass is 10.1. The predicted molar refractivity (Wildman–Crippen MR) is 92.8 cm³/mol. The molecule has 0 saturated carbocycles. The highest BCUT2D eigenvalue weighted by atomic mass is 16.5. The molecule has 134 valence electrons. The van der Waals surface area contributed by atoms with E-state index in [1.54, 1.807) is 36.2 Å². The Bertz CT molecular complexity index is 711. The van der Waals surface area contributed by atoms with E-state index in [1.165, 1.54) is 0 Å². The second-order valence-electron chi connectivity index (χ2n) is 5.75. The average molecular weight is 345 g/mol. The van der Waals surface area contributed by atoms with Crippen LogP contribution < -0.4 is 4.74 Å². The number of ether oxygens (including phenoxy) is 1. The second kappa shape index (κ2) is 8.37. The lowest BCUT2D eigenvalue weighted by molar-refractivity contribution is -0.139. The van der Waals surface area contributed by atoms with Crippen molar-refractivity contribution in [2.75, 3.05) is 13.7 Å². The van der Waals surface area contributed by atoms with Crippen LogP contribution in [0.3, 0.4) is 0 Å². The summed E-state index contributed by atoms with van der Waals surface area (Å²) in [6, 6.07) is 8.80. The molecule has 6 nitrogen and oxygen atoms in total. The van der Waals surface area contributed by atoms with Gasteiger partial charge in [-0.15, -0.1) is 0 Å². The Morgan fingerprint density at radius 3 is 2.36 bits per heavy atom. The van der Waals surface area contributed by atoms with Crippen molar-refractivity contribution in [2.24, 2.45) is 0 Å². The van der Waals surface area contributed by atoms with Gasteiger partial charge in [0.1, 0.15) is 11.5 Å². The molecule has 2 aromatic rings. The molecule has 1 heterocycles. The minimum absolute atomic E-state index is 0.166. The van der Waals surface area contributed by atoms with Crippen LogP contribution in [0.5, 0.6) is 5.75 Å². The standard InChI is InChI=1S/C19H23NO5/c1-4-14-10-17(25-16(14)5-2)19(23)20(3)11-13-6-8-15(9-7-13)24-12-18(21)22/h6-10H,4-5,11-12H2,1-3H3,(H,21,22). The topological polar surface area (TPSA) is 80.0 Å². The molecular weight excluding hydrogens is 322 g/mol. The van der Waals surface area contributed by atoms with E-state index >= 15 is 0 Å². The van der Waals surface area contributed by atoms with Crippen molar-refractivity contribution >= 4 is 11.9 Å². The molecule has 0 bridgehead atoms. The molecule has 0 aliphatic rings. The molecule has 6 heteroatoms. The molecule has 1 N–H and O–H groups in total.